The van der Waals surface area contributed by atoms with Crippen LogP contribution in [0, 0.1) is 5.92 Å². The van der Waals surface area contributed by atoms with Gasteiger partial charge in [0.05, 0.1) is 44.6 Å². The van der Waals surface area contributed by atoms with Crippen LogP contribution in [-0.2, 0) is 23.2 Å². The van der Waals surface area contributed by atoms with Crippen LogP contribution in [0.25, 0.3) is 0 Å². The molecule has 7 nitrogen and oxygen atoms in total. The van der Waals surface area contributed by atoms with Gasteiger partial charge in [-0.05, 0) is 27.3 Å². The first-order valence-corrected chi connectivity index (χ1v) is 7.68. The molecule has 0 aliphatic carbocycles. The molecule has 0 fully saturated rings. The van der Waals surface area contributed by atoms with E-state index in [9.17, 15) is 9.59 Å². The Labute approximate surface area is 130 Å². The first-order chi connectivity index (χ1) is 10.0. The molecule has 124 valence electrons. The molecular weight excluding hydrogens is 298 g/mol. The van der Waals surface area contributed by atoms with Gasteiger partial charge in [0.1, 0.15) is 0 Å². The zero-order valence-corrected chi connectivity index (χ0v) is 13.7. The molecule has 0 aliphatic heterocycles. The zero-order chi connectivity index (χ0) is 16.1. The van der Waals surface area contributed by atoms with Gasteiger partial charge in [0.2, 0.25) is 0 Å². The molecule has 0 aromatic rings. The van der Waals surface area contributed by atoms with Gasteiger partial charge in [0, 0.05) is 13.0 Å². The largest absolute Gasteiger partial charge is 0.466 e. The minimum atomic E-state index is -0.510. The van der Waals surface area contributed by atoms with Crippen molar-refractivity contribution in [3.8, 4) is 0 Å². The van der Waals surface area contributed by atoms with Crippen molar-refractivity contribution in [1.82, 2.24) is 4.31 Å². The first kappa shape index (κ1) is 20.2. The van der Waals surface area contributed by atoms with Crippen LogP contribution >= 0.6 is 12.2 Å². The SMILES string of the molecule is CCOC(=O)CCC(COSN(C)CCO)C(=O)OCC. The molecule has 1 N–H and O–H groups in total. The maximum atomic E-state index is 11.8. The Bertz CT molecular complexity index is 302. The van der Waals surface area contributed by atoms with Gasteiger partial charge < -0.3 is 18.8 Å². The van der Waals surface area contributed by atoms with E-state index < -0.39 is 5.92 Å². The van der Waals surface area contributed by atoms with Crippen LogP contribution in [0.3, 0.4) is 0 Å². The predicted molar refractivity (Wildman–Crippen MR) is 79.2 cm³/mol. The summed E-state index contributed by atoms with van der Waals surface area (Å²) in [5, 5.41) is 8.76. The Morgan fingerprint density at radius 2 is 1.90 bits per heavy atom. The molecule has 0 aromatic heterocycles. The van der Waals surface area contributed by atoms with E-state index in [1.807, 2.05) is 0 Å². The van der Waals surface area contributed by atoms with E-state index >= 15 is 0 Å². The lowest BCUT2D eigenvalue weighted by Crippen LogP contribution is -2.24. The predicted octanol–water partition coefficient (Wildman–Crippen LogP) is 1.01. The number of ether oxygens (including phenoxy) is 2. The van der Waals surface area contributed by atoms with Crippen molar-refractivity contribution in [1.29, 1.82) is 0 Å². The second-order valence-corrected chi connectivity index (χ2v) is 5.23. The van der Waals surface area contributed by atoms with Crippen molar-refractivity contribution in [3.05, 3.63) is 0 Å². The van der Waals surface area contributed by atoms with Gasteiger partial charge in [-0.2, -0.15) is 0 Å². The number of aliphatic hydroxyl groups excluding tert-OH is 1. The number of carbonyl (C=O) groups is 2. The molecule has 0 heterocycles. The lowest BCUT2D eigenvalue weighted by molar-refractivity contribution is -0.150. The van der Waals surface area contributed by atoms with Crippen molar-refractivity contribution in [3.63, 3.8) is 0 Å². The summed E-state index contributed by atoms with van der Waals surface area (Å²) in [6, 6.07) is 0. The molecule has 0 amide bonds. The number of likely N-dealkylation sites (N-methyl/N-ethyl adjacent to an activating group) is 1. The number of rotatable bonds is 12. The Kier molecular flexibility index (Phi) is 12.4. The molecule has 0 saturated heterocycles. The third kappa shape index (κ3) is 10.5. The highest BCUT2D eigenvalue weighted by molar-refractivity contribution is 7.92. The second-order valence-electron chi connectivity index (χ2n) is 4.23. The lowest BCUT2D eigenvalue weighted by Gasteiger charge is -2.17. The quantitative estimate of drug-likeness (QED) is 0.324. The van der Waals surface area contributed by atoms with Crippen LogP contribution in [0.4, 0.5) is 0 Å². The molecule has 1 atom stereocenters. The topological polar surface area (TPSA) is 85.3 Å². The fourth-order valence-corrected chi connectivity index (χ4v) is 2.00. The van der Waals surface area contributed by atoms with E-state index in [1.54, 1.807) is 25.2 Å². The molecule has 0 spiro atoms. The normalized spacial score (nSPS) is 12.2. The monoisotopic (exact) mass is 323 g/mol. The van der Waals surface area contributed by atoms with Crippen LogP contribution in [0.5, 0.6) is 0 Å². The summed E-state index contributed by atoms with van der Waals surface area (Å²) in [5.74, 6) is -1.23. The molecule has 0 rings (SSSR count). The number of esters is 2. The fourth-order valence-electron chi connectivity index (χ4n) is 1.44. The van der Waals surface area contributed by atoms with Crippen LogP contribution in [0.2, 0.25) is 0 Å². The maximum Gasteiger partial charge on any atom is 0.311 e. The van der Waals surface area contributed by atoms with Gasteiger partial charge in [-0.3, -0.25) is 9.59 Å². The number of hydrogen-bond donors (Lipinski definition) is 1. The minimum absolute atomic E-state index is 0.0248. The van der Waals surface area contributed by atoms with E-state index in [4.69, 9.17) is 18.8 Å². The van der Waals surface area contributed by atoms with Crippen molar-refractivity contribution in [2.24, 2.45) is 5.92 Å². The van der Waals surface area contributed by atoms with Crippen LogP contribution in [-0.4, -0.2) is 61.4 Å². The van der Waals surface area contributed by atoms with Gasteiger partial charge >= 0.3 is 11.9 Å². The molecule has 0 bridgehead atoms. The Morgan fingerprint density at radius 3 is 2.48 bits per heavy atom. The fraction of sp³-hybridized carbons (Fsp3) is 0.846. The summed E-state index contributed by atoms with van der Waals surface area (Å²) in [6.07, 6.45) is 0.472. The molecule has 0 saturated carbocycles. The maximum absolute atomic E-state index is 11.8. The average molecular weight is 323 g/mol. The average Bonchev–Trinajstić information content (AvgIpc) is 2.43. The summed E-state index contributed by atoms with van der Waals surface area (Å²) in [4.78, 5) is 23.1. The lowest BCUT2D eigenvalue weighted by atomic mass is 10.1. The Hall–Kier alpha value is -0.830. The van der Waals surface area contributed by atoms with E-state index in [1.165, 1.54) is 0 Å². The summed E-state index contributed by atoms with van der Waals surface area (Å²) in [7, 11) is 1.76. The van der Waals surface area contributed by atoms with Crippen molar-refractivity contribution in [2.45, 2.75) is 26.7 Å². The summed E-state index contributed by atoms with van der Waals surface area (Å²) >= 11 is 1.06. The molecule has 0 aromatic carbocycles. The molecule has 8 heteroatoms. The van der Waals surface area contributed by atoms with Gasteiger partial charge in [-0.15, -0.1) is 0 Å². The first-order valence-electron chi connectivity index (χ1n) is 6.98. The van der Waals surface area contributed by atoms with E-state index in [0.717, 1.165) is 12.2 Å². The van der Waals surface area contributed by atoms with Crippen LogP contribution in [0.1, 0.15) is 26.7 Å². The molecular formula is C13H25NO6S. The number of carbonyl (C=O) groups excluding carboxylic acids is 2. The molecule has 1 unspecified atom stereocenters. The van der Waals surface area contributed by atoms with Gasteiger partial charge in [0.25, 0.3) is 0 Å². The van der Waals surface area contributed by atoms with E-state index in [2.05, 4.69) is 0 Å². The third-order valence-corrected chi connectivity index (χ3v) is 3.16. The summed E-state index contributed by atoms with van der Waals surface area (Å²) in [6.45, 7) is 4.68. The van der Waals surface area contributed by atoms with E-state index in [0.29, 0.717) is 19.6 Å². The highest BCUT2D eigenvalue weighted by Crippen LogP contribution is 2.16. The number of nitrogens with zero attached hydrogens (tertiary/aromatic N) is 1. The van der Waals surface area contributed by atoms with Gasteiger partial charge in [-0.1, -0.05) is 0 Å². The smallest absolute Gasteiger partial charge is 0.311 e. The minimum Gasteiger partial charge on any atom is -0.466 e. The van der Waals surface area contributed by atoms with E-state index in [-0.39, 0.29) is 38.2 Å². The number of hydrogen-bond acceptors (Lipinski definition) is 8. The van der Waals surface area contributed by atoms with Crippen LogP contribution < -0.4 is 0 Å². The Morgan fingerprint density at radius 1 is 1.24 bits per heavy atom. The molecule has 21 heavy (non-hydrogen) atoms. The zero-order valence-electron chi connectivity index (χ0n) is 12.9. The molecule has 0 aliphatic rings. The summed E-state index contributed by atoms with van der Waals surface area (Å²) < 4.78 is 16.9. The second kappa shape index (κ2) is 12.9. The highest BCUT2D eigenvalue weighted by atomic mass is 32.2. The highest BCUT2D eigenvalue weighted by Gasteiger charge is 2.22. The van der Waals surface area contributed by atoms with Crippen molar-refractivity contribution >= 4 is 24.2 Å². The number of aliphatic hydroxyl groups is 1. The summed E-state index contributed by atoms with van der Waals surface area (Å²) in [5.41, 5.74) is 0. The van der Waals surface area contributed by atoms with Gasteiger partial charge in [-0.25, -0.2) is 4.31 Å². The van der Waals surface area contributed by atoms with Crippen LogP contribution in [0.15, 0.2) is 0 Å². The standard InChI is InChI=1S/C13H25NO6S/c1-4-18-12(16)7-6-11(13(17)19-5-2)10-20-21-14(3)8-9-15/h11,15H,4-10H2,1-3H3. The molecule has 0 radical (unpaired) electrons. The van der Waals surface area contributed by atoms with Crippen molar-refractivity contribution < 1.29 is 28.4 Å². The third-order valence-electron chi connectivity index (χ3n) is 2.49. The Balaban J connectivity index is 4.20. The van der Waals surface area contributed by atoms with Gasteiger partial charge in [0.15, 0.2) is 0 Å². The van der Waals surface area contributed by atoms with Crippen molar-refractivity contribution in [2.75, 3.05) is 40.0 Å².